The Morgan fingerprint density at radius 3 is 2.49 bits per heavy atom. The minimum atomic E-state index is -0.0868. The summed E-state index contributed by atoms with van der Waals surface area (Å²) < 4.78 is 7.38. The molecule has 1 fully saturated rings. The number of ether oxygens (including phenoxy) is 1. The van der Waals surface area contributed by atoms with Gasteiger partial charge in [0.25, 0.3) is 11.8 Å². The Kier molecular flexibility index (Phi) is 5.58. The van der Waals surface area contributed by atoms with Gasteiger partial charge in [-0.2, -0.15) is 5.10 Å². The smallest absolute Gasteiger partial charge is 0.274 e. The minimum Gasteiger partial charge on any atom is -0.378 e. The molecule has 2 aromatic carbocycles. The number of carbonyl (C=O) groups is 2. The predicted octanol–water partition coefficient (Wildman–Crippen LogP) is 3.08. The van der Waals surface area contributed by atoms with Crippen molar-refractivity contribution in [3.63, 3.8) is 0 Å². The second-order valence-electron chi connectivity index (χ2n) is 9.07. The van der Waals surface area contributed by atoms with Crippen molar-refractivity contribution in [2.75, 3.05) is 32.8 Å². The van der Waals surface area contributed by atoms with Crippen LogP contribution in [0.4, 0.5) is 0 Å². The van der Waals surface area contributed by atoms with Crippen LogP contribution < -0.4 is 0 Å². The third-order valence-electron chi connectivity index (χ3n) is 6.86. The highest BCUT2D eigenvalue weighted by Gasteiger charge is 2.33. The number of aromatic amines is 1. The lowest BCUT2D eigenvalue weighted by Gasteiger charge is -2.29. The summed E-state index contributed by atoms with van der Waals surface area (Å²) >= 11 is 0. The van der Waals surface area contributed by atoms with Gasteiger partial charge in [0, 0.05) is 48.2 Å². The van der Waals surface area contributed by atoms with Crippen molar-refractivity contribution in [1.82, 2.24) is 24.6 Å². The molecule has 0 saturated carbocycles. The Labute approximate surface area is 203 Å². The number of nitrogens with one attached hydrogen (secondary N) is 1. The highest BCUT2D eigenvalue weighted by Crippen LogP contribution is 2.27. The van der Waals surface area contributed by atoms with Gasteiger partial charge >= 0.3 is 0 Å². The van der Waals surface area contributed by atoms with Crippen LogP contribution in [0.25, 0.3) is 10.9 Å². The van der Waals surface area contributed by atoms with E-state index < -0.39 is 0 Å². The van der Waals surface area contributed by atoms with Crippen molar-refractivity contribution in [2.45, 2.75) is 19.5 Å². The fourth-order valence-corrected chi connectivity index (χ4v) is 5.00. The summed E-state index contributed by atoms with van der Waals surface area (Å²) in [6.07, 6.45) is 0.650. The molecule has 1 N–H and O–H groups in total. The summed E-state index contributed by atoms with van der Waals surface area (Å²) in [5.74, 6) is -0.149. The largest absolute Gasteiger partial charge is 0.378 e. The Hall–Kier alpha value is -3.91. The summed E-state index contributed by atoms with van der Waals surface area (Å²) in [5.41, 5.74) is 4.96. The third kappa shape index (κ3) is 4.10. The summed E-state index contributed by atoms with van der Waals surface area (Å²) in [7, 11) is 0. The summed E-state index contributed by atoms with van der Waals surface area (Å²) in [5, 5.41) is 5.81. The van der Waals surface area contributed by atoms with Gasteiger partial charge in [0.05, 0.1) is 26.3 Å². The highest BCUT2D eigenvalue weighted by atomic mass is 16.5. The SMILES string of the molecule is O=C(c1cc2ccccc2[nH]1)N1CCc2c(c(C(=O)N3CCOCC3)nn2Cc2ccccc2)C1. The van der Waals surface area contributed by atoms with Gasteiger partial charge in [-0.15, -0.1) is 0 Å². The van der Waals surface area contributed by atoms with Crippen LogP contribution in [0.5, 0.6) is 0 Å². The molecule has 0 radical (unpaired) electrons. The molecule has 0 bridgehead atoms. The first-order valence-electron chi connectivity index (χ1n) is 12.0. The van der Waals surface area contributed by atoms with Gasteiger partial charge in [-0.05, 0) is 17.7 Å². The molecule has 2 aliphatic rings. The number of rotatable bonds is 4. The lowest BCUT2D eigenvalue weighted by molar-refractivity contribution is 0.0296. The number of benzene rings is 2. The molecular weight excluding hydrogens is 442 g/mol. The van der Waals surface area contributed by atoms with Gasteiger partial charge in [-0.3, -0.25) is 14.3 Å². The Morgan fingerprint density at radius 1 is 0.914 bits per heavy atom. The molecule has 4 aromatic rings. The monoisotopic (exact) mass is 469 g/mol. The summed E-state index contributed by atoms with van der Waals surface area (Å²) in [4.78, 5) is 33.8. The number of H-pyrrole nitrogens is 1. The van der Waals surface area contributed by atoms with Crippen LogP contribution in [0.3, 0.4) is 0 Å². The normalized spacial score (nSPS) is 15.9. The van der Waals surface area contributed by atoms with Crippen molar-refractivity contribution in [1.29, 1.82) is 0 Å². The molecule has 0 atom stereocenters. The molecular formula is C27H27N5O3. The zero-order valence-electron chi connectivity index (χ0n) is 19.4. The molecule has 178 valence electrons. The van der Waals surface area contributed by atoms with Crippen molar-refractivity contribution in [3.8, 4) is 0 Å². The van der Waals surface area contributed by atoms with E-state index in [1.165, 1.54) is 0 Å². The molecule has 8 heteroatoms. The van der Waals surface area contributed by atoms with Crippen molar-refractivity contribution in [2.24, 2.45) is 0 Å². The van der Waals surface area contributed by atoms with E-state index in [-0.39, 0.29) is 11.8 Å². The molecule has 8 nitrogen and oxygen atoms in total. The predicted molar refractivity (Wildman–Crippen MR) is 131 cm³/mol. The Bertz CT molecular complexity index is 1350. The van der Waals surface area contributed by atoms with Crippen molar-refractivity contribution in [3.05, 3.63) is 88.9 Å². The highest BCUT2D eigenvalue weighted by molar-refractivity contribution is 5.98. The number of carbonyl (C=O) groups excluding carboxylic acids is 2. The lowest BCUT2D eigenvalue weighted by atomic mass is 10.0. The summed E-state index contributed by atoms with van der Waals surface area (Å²) in [6, 6.07) is 19.9. The van der Waals surface area contributed by atoms with E-state index in [2.05, 4.69) is 17.1 Å². The maximum Gasteiger partial charge on any atom is 0.274 e. The fraction of sp³-hybridized carbons (Fsp3) is 0.296. The Balaban J connectivity index is 1.33. The Morgan fingerprint density at radius 2 is 1.69 bits per heavy atom. The van der Waals surface area contributed by atoms with Crippen LogP contribution in [0.2, 0.25) is 0 Å². The first kappa shape index (κ1) is 21.6. The standard InChI is InChI=1S/C27H27N5O3/c33-26(23-16-20-8-4-5-9-22(20)28-23)31-11-10-24-21(18-31)25(27(34)30-12-14-35-15-13-30)29-32(24)17-19-6-2-1-3-7-19/h1-9,16,28H,10-15,17-18H2. The van der Waals surface area contributed by atoms with Crippen molar-refractivity contribution >= 4 is 22.7 Å². The van der Waals surface area contributed by atoms with E-state index in [9.17, 15) is 9.59 Å². The van der Waals surface area contributed by atoms with Crippen LogP contribution in [0.1, 0.15) is 37.8 Å². The molecule has 0 unspecified atom stereocenters. The molecule has 1 saturated heterocycles. The van der Waals surface area contributed by atoms with Crippen LogP contribution in [-0.2, 0) is 24.2 Å². The number of amides is 2. The summed E-state index contributed by atoms with van der Waals surface area (Å²) in [6.45, 7) is 3.70. The average Bonchev–Trinajstić information content (AvgIpc) is 3.50. The molecule has 35 heavy (non-hydrogen) atoms. The van der Waals surface area contributed by atoms with E-state index in [1.807, 2.05) is 58.1 Å². The molecule has 0 aliphatic carbocycles. The fourth-order valence-electron chi connectivity index (χ4n) is 5.00. The first-order chi connectivity index (χ1) is 17.2. The van der Waals surface area contributed by atoms with Crippen molar-refractivity contribution < 1.29 is 14.3 Å². The van der Waals surface area contributed by atoms with Crippen LogP contribution in [0, 0.1) is 0 Å². The molecule has 2 aliphatic heterocycles. The average molecular weight is 470 g/mol. The number of para-hydroxylation sites is 1. The molecule has 2 aromatic heterocycles. The van der Waals surface area contributed by atoms with Gasteiger partial charge < -0.3 is 19.5 Å². The van der Waals surface area contributed by atoms with E-state index in [0.717, 1.165) is 27.7 Å². The van der Waals surface area contributed by atoms with Gasteiger partial charge in [-0.25, -0.2) is 0 Å². The topological polar surface area (TPSA) is 83.5 Å². The molecule has 0 spiro atoms. The van der Waals surface area contributed by atoms with E-state index in [1.54, 1.807) is 4.90 Å². The van der Waals surface area contributed by atoms with Gasteiger partial charge in [-0.1, -0.05) is 48.5 Å². The second-order valence-corrected chi connectivity index (χ2v) is 9.07. The van der Waals surface area contributed by atoms with Gasteiger partial charge in [0.15, 0.2) is 5.69 Å². The number of nitrogens with zero attached hydrogens (tertiary/aromatic N) is 4. The number of aromatic nitrogens is 3. The van der Waals surface area contributed by atoms with Crippen LogP contribution in [-0.4, -0.2) is 69.2 Å². The molecule has 2 amide bonds. The second kappa shape index (κ2) is 9.03. The zero-order chi connectivity index (χ0) is 23.8. The molecule has 4 heterocycles. The molecule has 6 rings (SSSR count). The quantitative estimate of drug-likeness (QED) is 0.498. The maximum absolute atomic E-state index is 13.5. The minimum absolute atomic E-state index is 0.0626. The number of fused-ring (bicyclic) bond motifs is 2. The van der Waals surface area contributed by atoms with Gasteiger partial charge in [0.2, 0.25) is 0 Å². The number of morpholine rings is 1. The van der Waals surface area contributed by atoms with Crippen LogP contribution in [0.15, 0.2) is 60.7 Å². The number of hydrogen-bond acceptors (Lipinski definition) is 4. The zero-order valence-corrected chi connectivity index (χ0v) is 19.4. The first-order valence-corrected chi connectivity index (χ1v) is 12.0. The third-order valence-corrected chi connectivity index (χ3v) is 6.86. The van der Waals surface area contributed by atoms with Crippen LogP contribution >= 0.6 is 0 Å². The van der Waals surface area contributed by atoms with Gasteiger partial charge in [0.1, 0.15) is 5.69 Å². The number of hydrogen-bond donors (Lipinski definition) is 1. The van der Waals surface area contributed by atoms with E-state index in [0.29, 0.717) is 63.7 Å². The lowest BCUT2D eigenvalue weighted by Crippen LogP contribution is -2.42. The van der Waals surface area contributed by atoms with E-state index in [4.69, 9.17) is 9.84 Å². The maximum atomic E-state index is 13.5. The van der Waals surface area contributed by atoms with E-state index >= 15 is 0 Å².